The van der Waals surface area contributed by atoms with Crippen LogP contribution in [0, 0.1) is 12.4 Å². The number of phenols is 1. The van der Waals surface area contributed by atoms with Crippen molar-refractivity contribution in [3.05, 3.63) is 59.1 Å². The number of ether oxygens (including phenoxy) is 1. The third kappa shape index (κ3) is 5.00. The molecule has 1 amide bonds. The molecule has 1 aliphatic carbocycles. The molecule has 42 heavy (non-hydrogen) atoms. The van der Waals surface area contributed by atoms with Gasteiger partial charge in [-0.2, -0.15) is 9.97 Å². The highest BCUT2D eigenvalue weighted by Gasteiger charge is 2.45. The van der Waals surface area contributed by atoms with Gasteiger partial charge in [0.25, 0.3) is 5.91 Å². The number of hydrogen-bond donors (Lipinski definition) is 1. The van der Waals surface area contributed by atoms with E-state index in [0.717, 1.165) is 43.5 Å². The monoisotopic (exact) mass is 579 g/mol. The summed E-state index contributed by atoms with van der Waals surface area (Å²) in [5.74, 6) is -1.79. The second kappa shape index (κ2) is 11.4. The molecular formula is C30H35F2N7O3. The summed E-state index contributed by atoms with van der Waals surface area (Å²) in [4.78, 5) is 33.4. The van der Waals surface area contributed by atoms with Crippen molar-refractivity contribution in [2.45, 2.75) is 49.7 Å². The number of para-hydroxylation sites is 1. The molecule has 2 aromatic rings. The molecule has 7 rings (SSSR count). The summed E-state index contributed by atoms with van der Waals surface area (Å²) in [6, 6.07) is 3.98. The molecule has 5 aliphatic rings. The molecular weight excluding hydrogens is 544 g/mol. The minimum atomic E-state index is -1.04. The van der Waals surface area contributed by atoms with Crippen molar-refractivity contribution in [3.8, 4) is 11.8 Å². The average molecular weight is 580 g/mol. The lowest BCUT2D eigenvalue weighted by atomic mass is 9.77. The molecule has 12 heteroatoms. The van der Waals surface area contributed by atoms with Crippen molar-refractivity contribution in [3.63, 3.8) is 0 Å². The van der Waals surface area contributed by atoms with Crippen LogP contribution in [-0.4, -0.2) is 95.8 Å². The van der Waals surface area contributed by atoms with Gasteiger partial charge >= 0.3 is 6.01 Å². The van der Waals surface area contributed by atoms with E-state index in [0.29, 0.717) is 32.1 Å². The van der Waals surface area contributed by atoms with E-state index >= 15 is 4.39 Å². The van der Waals surface area contributed by atoms with Gasteiger partial charge in [-0.3, -0.25) is 4.79 Å². The highest BCUT2D eigenvalue weighted by Crippen LogP contribution is 2.52. The number of likely N-dealkylation sites (tertiary alicyclic amines) is 1. The molecule has 0 spiro atoms. The fourth-order valence-corrected chi connectivity index (χ4v) is 7.02. The van der Waals surface area contributed by atoms with E-state index < -0.39 is 23.6 Å². The van der Waals surface area contributed by atoms with E-state index in [1.807, 2.05) is 9.80 Å². The maximum Gasteiger partial charge on any atom is 0.318 e. The molecule has 0 saturated carbocycles. The van der Waals surface area contributed by atoms with Crippen LogP contribution in [0.3, 0.4) is 0 Å². The number of rotatable bonds is 7. The number of fused-ring (bicyclic) bond motifs is 2. The molecule has 1 aromatic carbocycles. The number of benzene rings is 1. The summed E-state index contributed by atoms with van der Waals surface area (Å²) in [5.41, 5.74) is 1.88. The van der Waals surface area contributed by atoms with Gasteiger partial charge in [0.05, 0.1) is 11.7 Å². The number of piperazine rings is 1. The SMILES string of the molecule is [C-]#[N+]C[C@H]1CN(c2nc(OC[C@@H]3CCCN3C)nc3c2C2CCC3N(c3c(O)cccc3F)C2)CCN1C(=O)C(=C)F. The summed E-state index contributed by atoms with van der Waals surface area (Å²) in [5, 5.41) is 10.6. The Bertz CT molecular complexity index is 1410. The highest BCUT2D eigenvalue weighted by molar-refractivity contribution is 5.91. The fraction of sp³-hybridized carbons (Fsp3) is 0.533. The molecule has 4 atom stereocenters. The van der Waals surface area contributed by atoms with Crippen molar-refractivity contribution < 1.29 is 23.4 Å². The molecule has 0 radical (unpaired) electrons. The molecule has 2 bridgehead atoms. The number of likely N-dealkylation sites (N-methyl/N-ethyl adjacent to an activating group) is 1. The van der Waals surface area contributed by atoms with Crippen LogP contribution in [-0.2, 0) is 4.79 Å². The van der Waals surface area contributed by atoms with E-state index in [4.69, 9.17) is 21.3 Å². The maximum atomic E-state index is 15.0. The van der Waals surface area contributed by atoms with Crippen molar-refractivity contribution >= 4 is 17.4 Å². The molecule has 2 unspecified atom stereocenters. The number of anilines is 2. The lowest BCUT2D eigenvalue weighted by Crippen LogP contribution is -2.57. The third-order valence-electron chi connectivity index (χ3n) is 9.15. The van der Waals surface area contributed by atoms with Crippen molar-refractivity contribution in [2.24, 2.45) is 0 Å². The predicted molar refractivity (Wildman–Crippen MR) is 153 cm³/mol. The van der Waals surface area contributed by atoms with E-state index in [9.17, 15) is 14.3 Å². The summed E-state index contributed by atoms with van der Waals surface area (Å²) < 4.78 is 35.0. The number of piperidine rings is 1. The smallest absolute Gasteiger partial charge is 0.318 e. The molecule has 1 N–H and O–H groups in total. The zero-order valence-electron chi connectivity index (χ0n) is 23.7. The van der Waals surface area contributed by atoms with Crippen molar-refractivity contribution in [1.82, 2.24) is 19.8 Å². The fourth-order valence-electron chi connectivity index (χ4n) is 7.02. The van der Waals surface area contributed by atoms with Gasteiger partial charge in [-0.05, 0) is 51.4 Å². The first-order valence-corrected chi connectivity index (χ1v) is 14.5. The number of hydrogen-bond acceptors (Lipinski definition) is 8. The third-order valence-corrected chi connectivity index (χ3v) is 9.15. The average Bonchev–Trinajstić information content (AvgIpc) is 3.40. The quantitative estimate of drug-likeness (QED) is 0.393. The molecule has 3 fully saturated rings. The van der Waals surface area contributed by atoms with E-state index in [2.05, 4.69) is 23.4 Å². The Morgan fingerprint density at radius 1 is 1.19 bits per heavy atom. The lowest BCUT2D eigenvalue weighted by Gasteiger charge is -2.48. The first-order valence-electron chi connectivity index (χ1n) is 14.5. The number of carbonyl (C=O) groups is 1. The summed E-state index contributed by atoms with van der Waals surface area (Å²) in [6.07, 6.45) is 3.70. The van der Waals surface area contributed by atoms with E-state index in [1.165, 1.54) is 23.1 Å². The van der Waals surface area contributed by atoms with Crippen LogP contribution in [0.1, 0.15) is 48.9 Å². The zero-order valence-corrected chi connectivity index (χ0v) is 23.7. The minimum Gasteiger partial charge on any atom is -0.506 e. The van der Waals surface area contributed by atoms with Crippen LogP contribution >= 0.6 is 0 Å². The minimum absolute atomic E-state index is 0.0204. The number of halogens is 2. The standard InChI is InChI=1S/C30H35F2N7O3/c1-18(31)29(41)38-13-12-37(16-21(38)14-33-2)28-25-19-9-10-23(39(15-19)27-22(32)7-4-8-24(27)40)26(25)34-30(35-28)42-17-20-6-5-11-36(20)3/h4,7-8,19-21,23,40H,1,5-6,9-17H2,3H3/t19?,20-,21-,23?/m0/s1. The highest BCUT2D eigenvalue weighted by atomic mass is 19.1. The van der Waals surface area contributed by atoms with E-state index in [1.54, 1.807) is 0 Å². The van der Waals surface area contributed by atoms with Gasteiger partial charge < -0.3 is 34.3 Å². The number of aromatic hydroxyl groups is 1. The number of amides is 1. The predicted octanol–water partition coefficient (Wildman–Crippen LogP) is 3.65. The number of nitrogens with zero attached hydrogens (tertiary/aromatic N) is 7. The Kier molecular flexibility index (Phi) is 7.62. The van der Waals surface area contributed by atoms with Gasteiger partial charge in [-0.25, -0.2) is 15.4 Å². The van der Waals surface area contributed by atoms with E-state index in [-0.39, 0.29) is 48.5 Å². The summed E-state index contributed by atoms with van der Waals surface area (Å²) in [6.45, 7) is 13.4. The van der Waals surface area contributed by atoms with Crippen LogP contribution in [0.2, 0.25) is 0 Å². The summed E-state index contributed by atoms with van der Waals surface area (Å²) in [7, 11) is 2.07. The first-order chi connectivity index (χ1) is 20.3. The summed E-state index contributed by atoms with van der Waals surface area (Å²) >= 11 is 0. The zero-order chi connectivity index (χ0) is 29.5. The molecule has 1 aromatic heterocycles. The second-order valence-corrected chi connectivity index (χ2v) is 11.6. The first kappa shape index (κ1) is 28.2. The van der Waals surface area contributed by atoms with Crippen LogP contribution in [0.4, 0.5) is 20.3 Å². The number of aromatic nitrogens is 2. The lowest BCUT2D eigenvalue weighted by molar-refractivity contribution is -0.131. The Morgan fingerprint density at radius 3 is 2.74 bits per heavy atom. The van der Waals surface area contributed by atoms with Gasteiger partial charge in [-0.1, -0.05) is 12.6 Å². The number of phenolic OH excluding ortho intramolecular Hbond substituents is 1. The largest absolute Gasteiger partial charge is 0.506 e. The van der Waals surface area contributed by atoms with Crippen LogP contribution in [0.25, 0.3) is 4.85 Å². The Hall–Kier alpha value is -3.98. The normalized spacial score (nSPS) is 25.3. The number of carbonyl (C=O) groups excluding carboxylic acids is 1. The molecule has 4 aliphatic heterocycles. The van der Waals surface area contributed by atoms with Gasteiger partial charge in [0.15, 0.2) is 5.83 Å². The van der Waals surface area contributed by atoms with Crippen LogP contribution in [0.5, 0.6) is 11.8 Å². The maximum absolute atomic E-state index is 15.0. The van der Waals surface area contributed by atoms with Crippen molar-refractivity contribution in [1.29, 1.82) is 0 Å². The van der Waals surface area contributed by atoms with Gasteiger partial charge in [0.1, 0.15) is 35.7 Å². The Labute approximate surface area is 244 Å². The Morgan fingerprint density at radius 2 is 2.02 bits per heavy atom. The molecule has 10 nitrogen and oxygen atoms in total. The van der Waals surface area contributed by atoms with Gasteiger partial charge in [-0.15, -0.1) is 0 Å². The molecule has 3 saturated heterocycles. The van der Waals surface area contributed by atoms with Crippen LogP contribution < -0.4 is 14.5 Å². The van der Waals surface area contributed by atoms with Crippen LogP contribution in [0.15, 0.2) is 30.6 Å². The Balaban J connectivity index is 1.38. The van der Waals surface area contributed by atoms with Crippen molar-refractivity contribution in [2.75, 3.05) is 62.7 Å². The second-order valence-electron chi connectivity index (χ2n) is 11.6. The topological polar surface area (TPSA) is 89.6 Å². The van der Waals surface area contributed by atoms with Gasteiger partial charge in [0, 0.05) is 43.7 Å². The molecule has 222 valence electrons. The molecule has 5 heterocycles. The van der Waals surface area contributed by atoms with Gasteiger partial charge in [0.2, 0.25) is 6.54 Å².